The first-order valence-corrected chi connectivity index (χ1v) is 8.93. The predicted molar refractivity (Wildman–Crippen MR) is 108 cm³/mol. The molecule has 26 heavy (non-hydrogen) atoms. The number of carbonyl (C=O) groups excluding carboxylic acids is 1. The van der Waals surface area contributed by atoms with Gasteiger partial charge < -0.3 is 14.8 Å². The summed E-state index contributed by atoms with van der Waals surface area (Å²) in [6, 6.07) is 8.63. The fourth-order valence-corrected chi connectivity index (χ4v) is 2.55. The van der Waals surface area contributed by atoms with Crippen LogP contribution in [0, 0.1) is 0 Å². The first-order valence-electron chi connectivity index (χ1n) is 7.64. The van der Waals surface area contributed by atoms with Crippen molar-refractivity contribution in [3.05, 3.63) is 58.3 Å². The predicted octanol–water partition coefficient (Wildman–Crippen LogP) is 3.35. The van der Waals surface area contributed by atoms with Gasteiger partial charge in [0.05, 0.1) is 13.3 Å². The molecule has 0 aliphatic carbocycles. The van der Waals surface area contributed by atoms with Gasteiger partial charge in [0.2, 0.25) is 0 Å². The van der Waals surface area contributed by atoms with Crippen molar-refractivity contribution in [2.75, 3.05) is 13.7 Å². The number of thiophene rings is 1. The number of carbonyl (C=O) groups is 1. The monoisotopic (exact) mass is 389 g/mol. The third kappa shape index (κ3) is 5.98. The number of hydrogen-bond acceptors (Lipinski definition) is 6. The Balaban J connectivity index is 1.99. The van der Waals surface area contributed by atoms with Crippen LogP contribution < -0.4 is 20.2 Å². The van der Waals surface area contributed by atoms with E-state index in [1.54, 1.807) is 36.5 Å². The van der Waals surface area contributed by atoms with Crippen molar-refractivity contribution in [1.29, 1.82) is 0 Å². The first-order chi connectivity index (χ1) is 12.5. The molecule has 0 unspecified atom stereocenters. The quantitative estimate of drug-likeness (QED) is 0.189. The molecule has 1 aromatic carbocycles. The number of benzene rings is 1. The highest BCUT2D eigenvalue weighted by molar-refractivity contribution is 7.80. The molecule has 0 radical (unpaired) electrons. The zero-order chi connectivity index (χ0) is 18.9. The molecule has 0 saturated heterocycles. The molecular formula is C18H19N3O3S2. The summed E-state index contributed by atoms with van der Waals surface area (Å²) in [4.78, 5) is 12.6. The van der Waals surface area contributed by atoms with Crippen LogP contribution >= 0.6 is 23.6 Å². The Morgan fingerprint density at radius 3 is 2.85 bits per heavy atom. The lowest BCUT2D eigenvalue weighted by atomic mass is 10.2. The number of rotatable bonds is 7. The highest BCUT2D eigenvalue weighted by Gasteiger charge is 2.13. The van der Waals surface area contributed by atoms with Gasteiger partial charge in [-0.2, -0.15) is 5.10 Å². The largest absolute Gasteiger partial charge is 0.493 e. The number of thiocarbonyl (C=S) groups is 1. The molecule has 2 N–H and O–H groups in total. The van der Waals surface area contributed by atoms with Crippen LogP contribution in [-0.4, -0.2) is 31.0 Å². The third-order valence-corrected chi connectivity index (χ3v) is 4.13. The summed E-state index contributed by atoms with van der Waals surface area (Å²) in [7, 11) is 1.51. The second-order valence-electron chi connectivity index (χ2n) is 5.29. The van der Waals surface area contributed by atoms with Gasteiger partial charge in [-0.15, -0.1) is 11.3 Å². The highest BCUT2D eigenvalue weighted by Crippen LogP contribution is 2.28. The second kappa shape index (κ2) is 9.69. The van der Waals surface area contributed by atoms with E-state index in [2.05, 4.69) is 22.4 Å². The Morgan fingerprint density at radius 2 is 2.19 bits per heavy atom. The summed E-state index contributed by atoms with van der Waals surface area (Å²) in [5, 5.41) is 9.23. The number of nitrogens with zero attached hydrogens (tertiary/aromatic N) is 1. The van der Waals surface area contributed by atoms with Gasteiger partial charge in [0.25, 0.3) is 0 Å². The van der Waals surface area contributed by atoms with Gasteiger partial charge in [-0.3, -0.25) is 5.43 Å². The Bertz CT molecular complexity index is 817. The van der Waals surface area contributed by atoms with E-state index in [1.807, 2.05) is 12.3 Å². The molecule has 0 aliphatic rings. The van der Waals surface area contributed by atoms with Gasteiger partial charge in [0.1, 0.15) is 4.88 Å². The molecule has 2 aromatic rings. The molecule has 136 valence electrons. The number of ether oxygens (including phenoxy) is 2. The average molecular weight is 390 g/mol. The Labute approximate surface area is 161 Å². The van der Waals surface area contributed by atoms with Gasteiger partial charge in [0, 0.05) is 6.54 Å². The molecule has 1 aromatic heterocycles. The van der Waals surface area contributed by atoms with E-state index in [9.17, 15) is 4.79 Å². The summed E-state index contributed by atoms with van der Waals surface area (Å²) in [5.41, 5.74) is 4.44. The van der Waals surface area contributed by atoms with Crippen LogP contribution in [0.3, 0.4) is 0 Å². The molecule has 1 heterocycles. The number of hydrazone groups is 1. The lowest BCUT2D eigenvalue weighted by Gasteiger charge is -2.09. The van der Waals surface area contributed by atoms with Gasteiger partial charge in [-0.25, -0.2) is 4.79 Å². The van der Waals surface area contributed by atoms with Crippen molar-refractivity contribution in [1.82, 2.24) is 10.7 Å². The lowest BCUT2D eigenvalue weighted by molar-refractivity contribution is 0.0735. The van der Waals surface area contributed by atoms with Crippen molar-refractivity contribution in [2.45, 2.75) is 6.92 Å². The van der Waals surface area contributed by atoms with Crippen molar-refractivity contribution < 1.29 is 14.3 Å². The van der Waals surface area contributed by atoms with Crippen LogP contribution in [0.1, 0.15) is 22.2 Å². The van der Waals surface area contributed by atoms with E-state index < -0.39 is 5.97 Å². The van der Waals surface area contributed by atoms with Gasteiger partial charge in [-0.1, -0.05) is 18.2 Å². The molecule has 0 spiro atoms. The summed E-state index contributed by atoms with van der Waals surface area (Å²) in [6.45, 7) is 6.27. The summed E-state index contributed by atoms with van der Waals surface area (Å²) >= 11 is 6.40. The van der Waals surface area contributed by atoms with E-state index in [4.69, 9.17) is 21.7 Å². The van der Waals surface area contributed by atoms with E-state index in [1.165, 1.54) is 18.4 Å². The maximum Gasteiger partial charge on any atom is 0.353 e. The molecule has 8 heteroatoms. The topological polar surface area (TPSA) is 72.0 Å². The molecule has 0 fully saturated rings. The minimum absolute atomic E-state index is 0.342. The molecule has 0 aliphatic heterocycles. The lowest BCUT2D eigenvalue weighted by Crippen LogP contribution is -2.32. The smallest absolute Gasteiger partial charge is 0.353 e. The van der Waals surface area contributed by atoms with Crippen LogP contribution in [0.2, 0.25) is 0 Å². The summed E-state index contributed by atoms with van der Waals surface area (Å²) < 4.78 is 10.7. The number of hydrogen-bond donors (Lipinski definition) is 2. The van der Waals surface area contributed by atoms with Crippen LogP contribution in [0.4, 0.5) is 0 Å². The fraction of sp³-hybridized carbons (Fsp3) is 0.167. The first kappa shape index (κ1) is 19.6. The normalized spacial score (nSPS) is 10.4. The van der Waals surface area contributed by atoms with E-state index in [0.717, 1.165) is 11.1 Å². The molecule has 0 amide bonds. The number of esters is 1. The van der Waals surface area contributed by atoms with Gasteiger partial charge >= 0.3 is 5.97 Å². The van der Waals surface area contributed by atoms with Crippen LogP contribution in [0.5, 0.6) is 11.5 Å². The minimum Gasteiger partial charge on any atom is -0.493 e. The van der Waals surface area contributed by atoms with Gasteiger partial charge in [-0.05, 0) is 54.4 Å². The summed E-state index contributed by atoms with van der Waals surface area (Å²) in [6.07, 6.45) is 1.59. The second-order valence-corrected chi connectivity index (χ2v) is 6.64. The molecule has 0 atom stereocenters. The average Bonchev–Trinajstić information content (AvgIpc) is 3.16. The zero-order valence-corrected chi connectivity index (χ0v) is 16.1. The summed E-state index contributed by atoms with van der Waals surface area (Å²) in [5.74, 6) is 0.354. The van der Waals surface area contributed by atoms with Crippen molar-refractivity contribution in [3.8, 4) is 11.5 Å². The fourth-order valence-electron chi connectivity index (χ4n) is 1.83. The molecular weight excluding hydrogens is 370 g/mol. The van der Waals surface area contributed by atoms with Crippen molar-refractivity contribution >= 4 is 40.9 Å². The van der Waals surface area contributed by atoms with E-state index in [0.29, 0.717) is 28.0 Å². The number of methoxy groups -OCH3 is 1. The zero-order valence-electron chi connectivity index (χ0n) is 14.4. The van der Waals surface area contributed by atoms with Crippen molar-refractivity contribution in [3.63, 3.8) is 0 Å². The Morgan fingerprint density at radius 1 is 1.38 bits per heavy atom. The third-order valence-electron chi connectivity index (χ3n) is 3.04. The Hall–Kier alpha value is -2.71. The molecule has 6 nitrogen and oxygen atoms in total. The van der Waals surface area contributed by atoms with E-state index >= 15 is 0 Å². The van der Waals surface area contributed by atoms with E-state index in [-0.39, 0.29) is 0 Å². The van der Waals surface area contributed by atoms with Crippen LogP contribution in [0.25, 0.3) is 0 Å². The standard InChI is InChI=1S/C18H19N3O3S2/c1-12(2)10-19-18(25)21-20-11-13-6-7-14(15(9-13)23-3)24-17(22)16-5-4-8-26-16/h4-9,11H,1,10H2,2-3H3,(H2,19,21,25)/b20-11-. The molecule has 0 bridgehead atoms. The molecule has 0 saturated carbocycles. The number of nitrogens with one attached hydrogen (secondary N) is 2. The molecule has 2 rings (SSSR count). The van der Waals surface area contributed by atoms with Gasteiger partial charge in [0.15, 0.2) is 16.6 Å². The highest BCUT2D eigenvalue weighted by atomic mass is 32.1. The van der Waals surface area contributed by atoms with Crippen LogP contribution in [-0.2, 0) is 0 Å². The maximum absolute atomic E-state index is 12.1. The van der Waals surface area contributed by atoms with Crippen molar-refractivity contribution in [2.24, 2.45) is 5.10 Å². The maximum atomic E-state index is 12.1. The SMILES string of the molecule is C=C(C)CNC(=S)N/N=C\c1ccc(OC(=O)c2cccs2)c(OC)c1. The minimum atomic E-state index is -0.421. The van der Waals surface area contributed by atoms with Crippen LogP contribution in [0.15, 0.2) is 53.0 Å². The Kier molecular flexibility index (Phi) is 7.31.